The highest BCUT2D eigenvalue weighted by atomic mass is 79.9. The van der Waals surface area contributed by atoms with Crippen molar-refractivity contribution < 1.29 is 9.21 Å². The fourth-order valence-corrected chi connectivity index (χ4v) is 3.37. The van der Waals surface area contributed by atoms with Crippen LogP contribution in [-0.4, -0.2) is 37.0 Å². The average molecular weight is 313 g/mol. The molecule has 0 radical (unpaired) electrons. The van der Waals surface area contributed by atoms with Gasteiger partial charge in [0.25, 0.3) is 5.91 Å². The third-order valence-electron chi connectivity index (χ3n) is 4.25. The van der Waals surface area contributed by atoms with Gasteiger partial charge in [-0.2, -0.15) is 0 Å². The summed E-state index contributed by atoms with van der Waals surface area (Å²) < 4.78 is 5.99. The van der Waals surface area contributed by atoms with Crippen LogP contribution in [0, 0.1) is 5.41 Å². The molecule has 0 saturated carbocycles. The second-order valence-corrected chi connectivity index (χ2v) is 6.17. The molecule has 1 amide bonds. The fourth-order valence-electron chi connectivity index (χ4n) is 3.00. The third-order valence-corrected chi connectivity index (χ3v) is 4.88. The molecule has 2 aliphatic heterocycles. The van der Waals surface area contributed by atoms with Gasteiger partial charge < -0.3 is 14.6 Å². The summed E-state index contributed by atoms with van der Waals surface area (Å²) in [6.45, 7) is 3.92. The molecule has 0 bridgehead atoms. The van der Waals surface area contributed by atoms with Gasteiger partial charge in [0.15, 0.2) is 0 Å². The molecule has 5 heteroatoms. The Morgan fingerprint density at radius 1 is 1.39 bits per heavy atom. The topological polar surface area (TPSA) is 45.5 Å². The molecular formula is C13H17BrN2O2. The molecular weight excluding hydrogens is 296 g/mol. The van der Waals surface area contributed by atoms with Gasteiger partial charge in [0.05, 0.1) is 10.7 Å². The summed E-state index contributed by atoms with van der Waals surface area (Å²) in [6.07, 6.45) is 5.00. The summed E-state index contributed by atoms with van der Waals surface area (Å²) >= 11 is 3.34. The molecule has 1 spiro atoms. The van der Waals surface area contributed by atoms with Crippen molar-refractivity contribution in [2.75, 3.05) is 26.2 Å². The normalized spacial score (nSPS) is 22.6. The SMILES string of the molecule is O=C(c1occc1Br)N1CCC2(CCNC2)CC1. The van der Waals surface area contributed by atoms with Crippen LogP contribution in [0.5, 0.6) is 0 Å². The molecule has 1 N–H and O–H groups in total. The lowest BCUT2D eigenvalue weighted by Crippen LogP contribution is -2.44. The zero-order chi connectivity index (χ0) is 12.6. The maximum atomic E-state index is 12.3. The van der Waals surface area contributed by atoms with Crippen LogP contribution >= 0.6 is 15.9 Å². The van der Waals surface area contributed by atoms with E-state index in [4.69, 9.17) is 4.42 Å². The van der Waals surface area contributed by atoms with E-state index in [1.165, 1.54) is 6.42 Å². The van der Waals surface area contributed by atoms with E-state index in [0.717, 1.165) is 43.5 Å². The zero-order valence-electron chi connectivity index (χ0n) is 10.2. The summed E-state index contributed by atoms with van der Waals surface area (Å²) in [5.74, 6) is 0.433. The highest BCUT2D eigenvalue weighted by Gasteiger charge is 2.38. The molecule has 0 atom stereocenters. The van der Waals surface area contributed by atoms with Gasteiger partial charge in [-0.1, -0.05) is 0 Å². The van der Waals surface area contributed by atoms with Crippen LogP contribution in [0.25, 0.3) is 0 Å². The predicted molar refractivity (Wildman–Crippen MR) is 71.5 cm³/mol. The van der Waals surface area contributed by atoms with Crippen LogP contribution < -0.4 is 5.32 Å². The second kappa shape index (κ2) is 4.70. The minimum absolute atomic E-state index is 0.00711. The summed E-state index contributed by atoms with van der Waals surface area (Å²) in [6, 6.07) is 1.76. The Labute approximate surface area is 115 Å². The van der Waals surface area contributed by atoms with Crippen LogP contribution in [0.4, 0.5) is 0 Å². The van der Waals surface area contributed by atoms with E-state index in [0.29, 0.717) is 11.2 Å². The molecule has 1 aromatic heterocycles. The van der Waals surface area contributed by atoms with Gasteiger partial charge in [0.2, 0.25) is 5.76 Å². The zero-order valence-corrected chi connectivity index (χ0v) is 11.8. The van der Waals surface area contributed by atoms with Crippen molar-refractivity contribution in [3.63, 3.8) is 0 Å². The molecule has 3 rings (SSSR count). The summed E-state index contributed by atoms with van der Waals surface area (Å²) in [7, 11) is 0. The number of hydrogen-bond donors (Lipinski definition) is 1. The monoisotopic (exact) mass is 312 g/mol. The standard InChI is InChI=1S/C13H17BrN2O2/c14-10-1-8-18-11(10)12(17)16-6-3-13(4-7-16)2-5-15-9-13/h1,8,15H,2-7,9H2. The molecule has 2 aliphatic rings. The van der Waals surface area contributed by atoms with Crippen molar-refractivity contribution in [1.29, 1.82) is 0 Å². The molecule has 2 fully saturated rings. The second-order valence-electron chi connectivity index (χ2n) is 5.32. The van der Waals surface area contributed by atoms with Crippen molar-refractivity contribution in [1.82, 2.24) is 10.2 Å². The van der Waals surface area contributed by atoms with Gasteiger partial charge >= 0.3 is 0 Å². The Morgan fingerprint density at radius 3 is 2.72 bits per heavy atom. The number of likely N-dealkylation sites (tertiary alicyclic amines) is 1. The molecule has 18 heavy (non-hydrogen) atoms. The molecule has 98 valence electrons. The van der Waals surface area contributed by atoms with E-state index in [1.807, 2.05) is 4.90 Å². The van der Waals surface area contributed by atoms with E-state index >= 15 is 0 Å². The molecule has 1 aromatic rings. The maximum Gasteiger partial charge on any atom is 0.290 e. The smallest absolute Gasteiger partial charge is 0.290 e. The Morgan fingerprint density at radius 2 is 2.17 bits per heavy atom. The van der Waals surface area contributed by atoms with Crippen molar-refractivity contribution in [2.45, 2.75) is 19.3 Å². The minimum Gasteiger partial charge on any atom is -0.458 e. The molecule has 0 aromatic carbocycles. The number of piperidine rings is 1. The van der Waals surface area contributed by atoms with Gasteiger partial charge in [0.1, 0.15) is 0 Å². The third kappa shape index (κ3) is 2.10. The van der Waals surface area contributed by atoms with E-state index < -0.39 is 0 Å². The van der Waals surface area contributed by atoms with Gasteiger partial charge in [-0.15, -0.1) is 0 Å². The minimum atomic E-state index is 0.00711. The van der Waals surface area contributed by atoms with Gasteiger partial charge in [-0.3, -0.25) is 4.79 Å². The lowest BCUT2D eigenvalue weighted by atomic mass is 9.78. The number of furan rings is 1. The van der Waals surface area contributed by atoms with E-state index in [-0.39, 0.29) is 5.91 Å². The number of halogens is 1. The van der Waals surface area contributed by atoms with Crippen molar-refractivity contribution in [2.24, 2.45) is 5.41 Å². The molecule has 0 unspecified atom stereocenters. The number of nitrogens with one attached hydrogen (secondary N) is 1. The van der Waals surface area contributed by atoms with Gasteiger partial charge in [-0.05, 0) is 53.2 Å². The average Bonchev–Trinajstić information content (AvgIpc) is 2.99. The summed E-state index contributed by atoms with van der Waals surface area (Å²) in [4.78, 5) is 14.2. The predicted octanol–water partition coefficient (Wildman–Crippen LogP) is 2.26. The Bertz CT molecular complexity index is 442. The van der Waals surface area contributed by atoms with Crippen LogP contribution in [0.15, 0.2) is 21.2 Å². The Hall–Kier alpha value is -0.810. The first-order chi connectivity index (χ1) is 8.70. The highest BCUT2D eigenvalue weighted by Crippen LogP contribution is 2.37. The summed E-state index contributed by atoms with van der Waals surface area (Å²) in [5.41, 5.74) is 0.442. The molecule has 2 saturated heterocycles. The number of nitrogens with zero attached hydrogens (tertiary/aromatic N) is 1. The van der Waals surface area contributed by atoms with Crippen molar-refractivity contribution in [3.05, 3.63) is 22.6 Å². The largest absolute Gasteiger partial charge is 0.458 e. The molecule has 3 heterocycles. The molecule has 4 nitrogen and oxygen atoms in total. The number of amides is 1. The summed E-state index contributed by atoms with van der Waals surface area (Å²) in [5, 5.41) is 3.43. The van der Waals surface area contributed by atoms with Crippen LogP contribution in [0.2, 0.25) is 0 Å². The van der Waals surface area contributed by atoms with E-state index in [1.54, 1.807) is 12.3 Å². The lowest BCUT2D eigenvalue weighted by Gasteiger charge is -2.38. The number of hydrogen-bond acceptors (Lipinski definition) is 3. The highest BCUT2D eigenvalue weighted by molar-refractivity contribution is 9.10. The Kier molecular flexibility index (Phi) is 3.20. The van der Waals surface area contributed by atoms with Gasteiger partial charge in [0, 0.05) is 19.6 Å². The van der Waals surface area contributed by atoms with Crippen molar-refractivity contribution in [3.8, 4) is 0 Å². The first kappa shape index (κ1) is 12.2. The lowest BCUT2D eigenvalue weighted by molar-refractivity contribution is 0.0576. The number of carbonyl (C=O) groups is 1. The van der Waals surface area contributed by atoms with Gasteiger partial charge in [-0.25, -0.2) is 0 Å². The fraction of sp³-hybridized carbons (Fsp3) is 0.615. The first-order valence-corrected chi connectivity index (χ1v) is 7.23. The first-order valence-electron chi connectivity index (χ1n) is 6.43. The maximum absolute atomic E-state index is 12.3. The number of carbonyl (C=O) groups excluding carboxylic acids is 1. The number of rotatable bonds is 1. The molecule has 0 aliphatic carbocycles. The van der Waals surface area contributed by atoms with Crippen molar-refractivity contribution >= 4 is 21.8 Å². The Balaban J connectivity index is 1.66. The van der Waals surface area contributed by atoms with Crippen LogP contribution in [0.1, 0.15) is 29.8 Å². The van der Waals surface area contributed by atoms with E-state index in [9.17, 15) is 4.79 Å². The quantitative estimate of drug-likeness (QED) is 0.865. The van der Waals surface area contributed by atoms with E-state index in [2.05, 4.69) is 21.2 Å². The van der Waals surface area contributed by atoms with Crippen LogP contribution in [0.3, 0.4) is 0 Å². The van der Waals surface area contributed by atoms with Crippen LogP contribution in [-0.2, 0) is 0 Å².